The number of imidazole rings is 1. The number of rotatable bonds is 9. The Balaban J connectivity index is 2.04. The molecule has 1 aromatic heterocycles. The van der Waals surface area contributed by atoms with Crippen molar-refractivity contribution < 1.29 is 24.6 Å². The van der Waals surface area contributed by atoms with Crippen molar-refractivity contribution in [2.75, 3.05) is 0 Å². The molecule has 3 atom stereocenters. The van der Waals surface area contributed by atoms with Gasteiger partial charge in [0.15, 0.2) is 0 Å². The maximum atomic E-state index is 12.5. The number of hydrogen-bond acceptors (Lipinski definition) is 6. The van der Waals surface area contributed by atoms with E-state index in [2.05, 4.69) is 20.6 Å². The van der Waals surface area contributed by atoms with Crippen molar-refractivity contribution in [2.24, 2.45) is 5.73 Å². The van der Waals surface area contributed by atoms with E-state index >= 15 is 0 Å². The van der Waals surface area contributed by atoms with Gasteiger partial charge in [0.05, 0.1) is 12.4 Å². The molecule has 0 saturated heterocycles. The van der Waals surface area contributed by atoms with Gasteiger partial charge in [0, 0.05) is 18.3 Å². The molecule has 0 spiro atoms. The molecule has 0 aliphatic carbocycles. The molecular weight excluding hydrogens is 366 g/mol. The summed E-state index contributed by atoms with van der Waals surface area (Å²) in [5, 5.41) is 23.2. The highest BCUT2D eigenvalue weighted by molar-refractivity contribution is 5.91. The summed E-state index contributed by atoms with van der Waals surface area (Å²) in [7, 11) is 0. The number of nitrogens with two attached hydrogens (primary N) is 1. The Bertz CT molecular complexity index is 806. The number of aromatic nitrogens is 2. The number of phenols is 1. The van der Waals surface area contributed by atoms with E-state index in [1.54, 1.807) is 12.1 Å². The number of aromatic amines is 1. The number of nitrogens with zero attached hydrogens (tertiary/aromatic N) is 1. The smallest absolute Gasteiger partial charge is 0.325 e. The average molecular weight is 389 g/mol. The van der Waals surface area contributed by atoms with Crippen LogP contribution in [-0.2, 0) is 27.2 Å². The van der Waals surface area contributed by atoms with Gasteiger partial charge in [-0.3, -0.25) is 14.4 Å². The van der Waals surface area contributed by atoms with Crippen molar-refractivity contribution in [1.29, 1.82) is 0 Å². The highest BCUT2D eigenvalue weighted by atomic mass is 16.4. The van der Waals surface area contributed by atoms with Crippen LogP contribution in [0.15, 0.2) is 36.8 Å². The summed E-state index contributed by atoms with van der Waals surface area (Å²) < 4.78 is 0. The van der Waals surface area contributed by atoms with Gasteiger partial charge in [-0.2, -0.15) is 0 Å². The van der Waals surface area contributed by atoms with E-state index in [-0.39, 0.29) is 18.6 Å². The summed E-state index contributed by atoms with van der Waals surface area (Å²) >= 11 is 0. The third-order valence-corrected chi connectivity index (χ3v) is 4.07. The summed E-state index contributed by atoms with van der Waals surface area (Å²) in [4.78, 5) is 42.6. The number of carboxylic acid groups (broad SMARTS) is 1. The number of carbonyl (C=O) groups excluding carboxylic acids is 2. The molecule has 7 N–H and O–H groups in total. The number of benzene rings is 1. The van der Waals surface area contributed by atoms with Crippen LogP contribution in [-0.4, -0.2) is 56.1 Å². The summed E-state index contributed by atoms with van der Waals surface area (Å²) in [5.41, 5.74) is 7.28. The van der Waals surface area contributed by atoms with Crippen molar-refractivity contribution in [1.82, 2.24) is 20.6 Å². The highest BCUT2D eigenvalue weighted by Crippen LogP contribution is 2.11. The molecular formula is C18H23N5O5. The van der Waals surface area contributed by atoms with Crippen LogP contribution >= 0.6 is 0 Å². The SMILES string of the molecule is C[C@H](NC(=O)[C@H](Cc1cnc[nH]1)NC(=O)[C@@H](N)Cc1ccc(O)cc1)C(=O)O. The molecule has 2 rings (SSSR count). The number of aromatic hydroxyl groups is 1. The molecule has 0 aliphatic rings. The zero-order valence-corrected chi connectivity index (χ0v) is 15.3. The first-order valence-corrected chi connectivity index (χ1v) is 8.60. The van der Waals surface area contributed by atoms with Crippen LogP contribution in [0, 0.1) is 0 Å². The molecule has 2 aromatic rings. The Morgan fingerprint density at radius 1 is 1.14 bits per heavy atom. The van der Waals surface area contributed by atoms with Crippen LogP contribution in [0.25, 0.3) is 0 Å². The van der Waals surface area contributed by atoms with Crippen molar-refractivity contribution in [2.45, 2.75) is 37.9 Å². The van der Waals surface area contributed by atoms with Gasteiger partial charge in [-0.25, -0.2) is 4.98 Å². The minimum atomic E-state index is -1.19. The first-order valence-electron chi connectivity index (χ1n) is 8.60. The normalized spacial score (nSPS) is 13.9. The zero-order chi connectivity index (χ0) is 20.7. The standard InChI is InChI=1S/C18H23N5O5/c1-10(18(27)28)22-17(26)15(7-12-8-20-9-21-12)23-16(25)14(19)6-11-2-4-13(24)5-3-11/h2-5,8-10,14-15,24H,6-7,19H2,1H3,(H,20,21)(H,22,26)(H,23,25)(H,27,28)/t10-,14-,15-/m0/s1. The minimum Gasteiger partial charge on any atom is -0.508 e. The number of aliphatic carboxylic acids is 1. The van der Waals surface area contributed by atoms with E-state index in [4.69, 9.17) is 10.8 Å². The van der Waals surface area contributed by atoms with E-state index in [0.717, 1.165) is 5.56 Å². The molecule has 2 amide bonds. The van der Waals surface area contributed by atoms with E-state index in [1.807, 2.05) is 0 Å². The number of phenolic OH excluding ortho intramolecular Hbond substituents is 1. The van der Waals surface area contributed by atoms with Crippen LogP contribution < -0.4 is 16.4 Å². The van der Waals surface area contributed by atoms with Crippen molar-refractivity contribution in [3.8, 4) is 5.75 Å². The fourth-order valence-electron chi connectivity index (χ4n) is 2.46. The van der Waals surface area contributed by atoms with Gasteiger partial charge in [-0.1, -0.05) is 12.1 Å². The van der Waals surface area contributed by atoms with Gasteiger partial charge in [-0.15, -0.1) is 0 Å². The highest BCUT2D eigenvalue weighted by Gasteiger charge is 2.27. The fourth-order valence-corrected chi connectivity index (χ4v) is 2.46. The lowest BCUT2D eigenvalue weighted by Gasteiger charge is -2.21. The maximum Gasteiger partial charge on any atom is 0.325 e. The second-order valence-electron chi connectivity index (χ2n) is 6.39. The first-order chi connectivity index (χ1) is 13.3. The van der Waals surface area contributed by atoms with E-state index in [1.165, 1.54) is 31.6 Å². The molecule has 0 fully saturated rings. The quantitative estimate of drug-likeness (QED) is 0.329. The number of nitrogens with one attached hydrogen (secondary N) is 3. The van der Waals surface area contributed by atoms with E-state index < -0.39 is 35.9 Å². The number of H-pyrrole nitrogens is 1. The lowest BCUT2D eigenvalue weighted by atomic mass is 10.0. The van der Waals surface area contributed by atoms with Crippen LogP contribution in [0.1, 0.15) is 18.2 Å². The minimum absolute atomic E-state index is 0.0931. The van der Waals surface area contributed by atoms with Gasteiger partial charge in [0.2, 0.25) is 11.8 Å². The summed E-state index contributed by atoms with van der Waals surface area (Å²) in [6.45, 7) is 1.33. The summed E-state index contributed by atoms with van der Waals surface area (Å²) in [5.74, 6) is -2.29. The van der Waals surface area contributed by atoms with Crippen molar-refractivity contribution in [3.63, 3.8) is 0 Å². The molecule has 0 radical (unpaired) electrons. The Hall–Kier alpha value is -3.40. The number of amides is 2. The lowest BCUT2D eigenvalue weighted by molar-refractivity contribution is -0.141. The maximum absolute atomic E-state index is 12.5. The Labute approximate surface area is 161 Å². The van der Waals surface area contributed by atoms with Gasteiger partial charge in [0.25, 0.3) is 0 Å². The van der Waals surface area contributed by atoms with Crippen LogP contribution in [0.4, 0.5) is 0 Å². The average Bonchev–Trinajstić information content (AvgIpc) is 3.15. The largest absolute Gasteiger partial charge is 0.508 e. The predicted molar refractivity (Wildman–Crippen MR) is 99.2 cm³/mol. The van der Waals surface area contributed by atoms with Gasteiger partial charge in [0.1, 0.15) is 17.8 Å². The molecule has 1 aromatic carbocycles. The third-order valence-electron chi connectivity index (χ3n) is 4.07. The van der Waals surface area contributed by atoms with Gasteiger partial charge >= 0.3 is 5.97 Å². The van der Waals surface area contributed by atoms with Crippen LogP contribution in [0.2, 0.25) is 0 Å². The third kappa shape index (κ3) is 6.09. The van der Waals surface area contributed by atoms with Crippen molar-refractivity contribution >= 4 is 17.8 Å². The molecule has 0 unspecified atom stereocenters. The first kappa shape index (κ1) is 20.9. The van der Waals surface area contributed by atoms with E-state index in [9.17, 15) is 19.5 Å². The molecule has 10 heteroatoms. The predicted octanol–water partition coefficient (Wildman–Crippen LogP) is -0.698. The lowest BCUT2D eigenvalue weighted by Crippen LogP contribution is -2.55. The van der Waals surface area contributed by atoms with Gasteiger partial charge in [-0.05, 0) is 31.0 Å². The van der Waals surface area contributed by atoms with Crippen LogP contribution in [0.3, 0.4) is 0 Å². The zero-order valence-electron chi connectivity index (χ0n) is 15.3. The Morgan fingerprint density at radius 2 is 1.82 bits per heavy atom. The number of hydrogen-bond donors (Lipinski definition) is 6. The second-order valence-corrected chi connectivity index (χ2v) is 6.39. The molecule has 0 saturated carbocycles. The fraction of sp³-hybridized carbons (Fsp3) is 0.333. The molecule has 0 aliphatic heterocycles. The van der Waals surface area contributed by atoms with Gasteiger partial charge < -0.3 is 31.6 Å². The van der Waals surface area contributed by atoms with Crippen LogP contribution in [0.5, 0.6) is 5.75 Å². The number of carboxylic acids is 1. The summed E-state index contributed by atoms with van der Waals surface area (Å²) in [6.07, 6.45) is 3.23. The molecule has 0 bridgehead atoms. The Morgan fingerprint density at radius 3 is 2.39 bits per heavy atom. The Kier molecular flexibility index (Phi) is 7.10. The van der Waals surface area contributed by atoms with Crippen molar-refractivity contribution in [3.05, 3.63) is 48.0 Å². The monoisotopic (exact) mass is 389 g/mol. The molecule has 10 nitrogen and oxygen atoms in total. The molecule has 28 heavy (non-hydrogen) atoms. The summed E-state index contributed by atoms with van der Waals surface area (Å²) in [6, 6.07) is 3.19. The molecule has 1 heterocycles. The second kappa shape index (κ2) is 9.51. The molecule has 150 valence electrons. The number of carbonyl (C=O) groups is 3. The van der Waals surface area contributed by atoms with E-state index in [0.29, 0.717) is 5.69 Å². The topological polar surface area (TPSA) is 170 Å².